The molecule has 1 saturated carbocycles. The van der Waals surface area contributed by atoms with Crippen molar-refractivity contribution in [1.82, 2.24) is 4.98 Å². The highest BCUT2D eigenvalue weighted by atomic mass is 35.5. The quantitative estimate of drug-likeness (QED) is 0.805. The van der Waals surface area contributed by atoms with E-state index in [9.17, 15) is 10.2 Å². The summed E-state index contributed by atoms with van der Waals surface area (Å²) < 4.78 is 5.92. The Morgan fingerprint density at radius 1 is 1.43 bits per heavy atom. The van der Waals surface area contributed by atoms with Gasteiger partial charge < -0.3 is 20.3 Å². The lowest BCUT2D eigenvalue weighted by Crippen LogP contribution is -2.36. The first-order valence-corrected chi connectivity index (χ1v) is 8.10. The Bertz CT molecular complexity index is 661. The zero-order chi connectivity index (χ0) is 15.0. The second kappa shape index (κ2) is 5.87. The van der Waals surface area contributed by atoms with Crippen molar-refractivity contribution < 1.29 is 14.9 Å². The van der Waals surface area contributed by atoms with E-state index in [0.29, 0.717) is 21.1 Å². The molecule has 0 spiro atoms. The predicted octanol–water partition coefficient (Wildman–Crippen LogP) is 3.38. The maximum Gasteiger partial charge on any atom is 0.184 e. The molecule has 0 aliphatic heterocycles. The van der Waals surface area contributed by atoms with E-state index in [1.165, 1.54) is 24.5 Å². The molecule has 2 aromatic rings. The van der Waals surface area contributed by atoms with E-state index in [1.54, 1.807) is 0 Å². The number of aromatic nitrogens is 1. The van der Waals surface area contributed by atoms with Gasteiger partial charge in [0.2, 0.25) is 0 Å². The molecule has 0 unspecified atom stereocenters. The molecule has 7 heteroatoms. The fourth-order valence-corrected chi connectivity index (χ4v) is 3.90. The summed E-state index contributed by atoms with van der Waals surface area (Å²) in [5.74, 6) is 0.467. The van der Waals surface area contributed by atoms with E-state index in [1.807, 2.05) is 0 Å². The summed E-state index contributed by atoms with van der Waals surface area (Å²) in [6.07, 6.45) is 3.55. The zero-order valence-electron chi connectivity index (χ0n) is 11.6. The number of phenolic OH excluding ortho intramolecular Hbond substituents is 1. The average Bonchev–Trinajstić information content (AvgIpc) is 2.89. The highest BCUT2D eigenvalue weighted by Gasteiger charge is 2.24. The molecule has 1 aromatic carbocycles. The number of rotatable bonds is 3. The number of phenols is 1. The Morgan fingerprint density at radius 3 is 2.90 bits per heavy atom. The first-order valence-electron chi connectivity index (χ1n) is 6.90. The Labute approximate surface area is 131 Å². The second-order valence-electron chi connectivity index (χ2n) is 5.21. The molecular weight excluding hydrogens is 312 g/mol. The number of hydrogen-bond acceptors (Lipinski definition) is 6. The standard InChI is InChI=1S/C14H17ClN2O3S/c1-20-10-6-9(19)11(15)13-12(10)17-14(21-13)16-7-4-2-3-5-8(7)18/h6-8,18-19H,2-5H2,1H3,(H,16,17)/t7-,8-/m0/s1. The van der Waals surface area contributed by atoms with E-state index in [4.69, 9.17) is 16.3 Å². The number of methoxy groups -OCH3 is 1. The number of nitrogens with one attached hydrogen (secondary N) is 1. The van der Waals surface area contributed by atoms with Gasteiger partial charge in [0.25, 0.3) is 0 Å². The van der Waals surface area contributed by atoms with Crippen LogP contribution >= 0.6 is 22.9 Å². The number of anilines is 1. The fourth-order valence-electron chi connectivity index (χ4n) is 2.66. The molecule has 0 bridgehead atoms. The van der Waals surface area contributed by atoms with Crippen molar-refractivity contribution in [1.29, 1.82) is 0 Å². The number of thiazole rings is 1. The number of aliphatic hydroxyl groups excluding tert-OH is 1. The van der Waals surface area contributed by atoms with Gasteiger partial charge in [0.05, 0.1) is 24.0 Å². The lowest BCUT2D eigenvalue weighted by atomic mass is 9.93. The van der Waals surface area contributed by atoms with Crippen molar-refractivity contribution >= 4 is 38.3 Å². The molecule has 0 amide bonds. The molecule has 0 radical (unpaired) electrons. The molecule has 3 rings (SSSR count). The SMILES string of the molecule is COc1cc(O)c(Cl)c2sc(N[C@H]3CCCC[C@@H]3O)nc12. The lowest BCUT2D eigenvalue weighted by molar-refractivity contribution is 0.116. The van der Waals surface area contributed by atoms with Crippen LogP contribution in [-0.4, -0.2) is 34.5 Å². The van der Waals surface area contributed by atoms with Crippen LogP contribution in [0.2, 0.25) is 5.02 Å². The van der Waals surface area contributed by atoms with Crippen LogP contribution < -0.4 is 10.1 Å². The maximum atomic E-state index is 10.0. The van der Waals surface area contributed by atoms with Crippen molar-refractivity contribution in [2.45, 2.75) is 37.8 Å². The molecule has 1 fully saturated rings. The molecule has 1 aromatic heterocycles. The van der Waals surface area contributed by atoms with Crippen LogP contribution in [0.5, 0.6) is 11.5 Å². The van der Waals surface area contributed by atoms with Crippen LogP contribution in [0.1, 0.15) is 25.7 Å². The van der Waals surface area contributed by atoms with Crippen LogP contribution in [0.25, 0.3) is 10.2 Å². The van der Waals surface area contributed by atoms with Crippen LogP contribution in [0, 0.1) is 0 Å². The number of aliphatic hydroxyl groups is 1. The average molecular weight is 329 g/mol. The number of aromatic hydroxyl groups is 1. The van der Waals surface area contributed by atoms with Crippen molar-refractivity contribution in [2.75, 3.05) is 12.4 Å². The fraction of sp³-hybridized carbons (Fsp3) is 0.500. The number of fused-ring (bicyclic) bond motifs is 1. The van der Waals surface area contributed by atoms with Crippen LogP contribution in [0.4, 0.5) is 5.13 Å². The van der Waals surface area contributed by atoms with Crippen LogP contribution in [-0.2, 0) is 0 Å². The van der Waals surface area contributed by atoms with Crippen molar-refractivity contribution in [2.24, 2.45) is 0 Å². The van der Waals surface area contributed by atoms with E-state index in [-0.39, 0.29) is 22.9 Å². The molecule has 0 saturated heterocycles. The van der Waals surface area contributed by atoms with Gasteiger partial charge in [0.1, 0.15) is 22.0 Å². The number of ether oxygens (including phenoxy) is 1. The molecule has 5 nitrogen and oxygen atoms in total. The largest absolute Gasteiger partial charge is 0.506 e. The third-order valence-electron chi connectivity index (χ3n) is 3.81. The smallest absolute Gasteiger partial charge is 0.184 e. The third kappa shape index (κ3) is 2.75. The van der Waals surface area contributed by atoms with Crippen molar-refractivity contribution in [3.63, 3.8) is 0 Å². The molecule has 3 N–H and O–H groups in total. The zero-order valence-corrected chi connectivity index (χ0v) is 13.2. The summed E-state index contributed by atoms with van der Waals surface area (Å²) in [5.41, 5.74) is 0.623. The van der Waals surface area contributed by atoms with Crippen molar-refractivity contribution in [3.8, 4) is 11.5 Å². The molecule has 1 aliphatic rings. The monoisotopic (exact) mass is 328 g/mol. The molecule has 2 atom stereocenters. The highest BCUT2D eigenvalue weighted by Crippen LogP contribution is 2.43. The molecule has 1 aliphatic carbocycles. The van der Waals surface area contributed by atoms with Crippen molar-refractivity contribution in [3.05, 3.63) is 11.1 Å². The number of halogens is 1. The molecule has 1 heterocycles. The first kappa shape index (κ1) is 14.7. The van der Waals surface area contributed by atoms with Crippen LogP contribution in [0.15, 0.2) is 6.07 Å². The molecule has 21 heavy (non-hydrogen) atoms. The van der Waals surface area contributed by atoms with Gasteiger partial charge in [-0.15, -0.1) is 0 Å². The minimum absolute atomic E-state index is 0.0117. The van der Waals surface area contributed by atoms with Gasteiger partial charge in [-0.1, -0.05) is 35.8 Å². The van der Waals surface area contributed by atoms with Gasteiger partial charge in [-0.05, 0) is 12.8 Å². The normalized spacial score (nSPS) is 22.4. The van der Waals surface area contributed by atoms with E-state index in [2.05, 4.69) is 10.3 Å². The minimum Gasteiger partial charge on any atom is -0.506 e. The third-order valence-corrected chi connectivity index (χ3v) is 5.31. The number of benzene rings is 1. The van der Waals surface area contributed by atoms with E-state index >= 15 is 0 Å². The summed E-state index contributed by atoms with van der Waals surface area (Å²) in [4.78, 5) is 4.49. The predicted molar refractivity (Wildman–Crippen MR) is 84.7 cm³/mol. The van der Waals surface area contributed by atoms with Gasteiger partial charge in [-0.2, -0.15) is 0 Å². The van der Waals surface area contributed by atoms with Gasteiger partial charge in [-0.3, -0.25) is 0 Å². The topological polar surface area (TPSA) is 74.6 Å². The summed E-state index contributed by atoms with van der Waals surface area (Å²) in [6, 6.07) is 1.47. The number of hydrogen-bond donors (Lipinski definition) is 3. The summed E-state index contributed by atoms with van der Waals surface area (Å²) in [6.45, 7) is 0. The van der Waals surface area contributed by atoms with Gasteiger partial charge in [0, 0.05) is 6.07 Å². The van der Waals surface area contributed by atoms with E-state index < -0.39 is 0 Å². The van der Waals surface area contributed by atoms with E-state index in [0.717, 1.165) is 25.7 Å². The lowest BCUT2D eigenvalue weighted by Gasteiger charge is -2.27. The van der Waals surface area contributed by atoms with Gasteiger partial charge in [0.15, 0.2) is 5.13 Å². The molecular formula is C14H17ClN2O3S. The number of nitrogens with zero attached hydrogens (tertiary/aromatic N) is 1. The maximum absolute atomic E-state index is 10.0. The van der Waals surface area contributed by atoms with Crippen LogP contribution in [0.3, 0.4) is 0 Å². The first-order chi connectivity index (χ1) is 10.1. The minimum atomic E-state index is -0.350. The Kier molecular flexibility index (Phi) is 4.10. The van der Waals surface area contributed by atoms with Gasteiger partial charge in [-0.25, -0.2) is 4.98 Å². The second-order valence-corrected chi connectivity index (χ2v) is 6.59. The Morgan fingerprint density at radius 2 is 2.19 bits per heavy atom. The summed E-state index contributed by atoms with van der Waals surface area (Å²) >= 11 is 7.49. The van der Waals surface area contributed by atoms with Gasteiger partial charge >= 0.3 is 0 Å². The molecule has 114 valence electrons. The Hall–Kier alpha value is -1.24. The Balaban J connectivity index is 1.95. The summed E-state index contributed by atoms with van der Waals surface area (Å²) in [5, 5.41) is 24.1. The highest BCUT2D eigenvalue weighted by molar-refractivity contribution is 7.22. The summed E-state index contributed by atoms with van der Waals surface area (Å²) in [7, 11) is 1.53.